The monoisotopic (exact) mass is 427 g/mol. The number of halogens is 1. The quantitative estimate of drug-likeness (QED) is 0.581. The van der Waals surface area contributed by atoms with Gasteiger partial charge >= 0.3 is 0 Å². The van der Waals surface area contributed by atoms with Crippen molar-refractivity contribution in [2.24, 2.45) is 0 Å². The third kappa shape index (κ3) is 3.20. The number of nitrogens with zero attached hydrogens (tertiary/aromatic N) is 2. The van der Waals surface area contributed by atoms with Crippen LogP contribution in [0.15, 0.2) is 42.6 Å². The molecule has 156 valence electrons. The van der Waals surface area contributed by atoms with Crippen LogP contribution >= 0.6 is 11.3 Å². The molecule has 6 nitrogen and oxygen atoms in total. The highest BCUT2D eigenvalue weighted by Gasteiger charge is 2.43. The summed E-state index contributed by atoms with van der Waals surface area (Å²) in [4.78, 5) is 30.7. The lowest BCUT2D eigenvalue weighted by atomic mass is 9.93. The molecular formula is C22H22FN3O3S. The highest BCUT2D eigenvalue weighted by atomic mass is 32.1. The largest absolute Gasteiger partial charge is 0.363 e. The lowest BCUT2D eigenvalue weighted by Crippen LogP contribution is -2.49. The number of amides is 2. The molecule has 0 saturated heterocycles. The molecule has 0 bridgehead atoms. The molecule has 1 fully saturated rings. The number of benzene rings is 1. The van der Waals surface area contributed by atoms with E-state index in [4.69, 9.17) is 5.21 Å². The second-order valence-corrected chi connectivity index (χ2v) is 9.05. The van der Waals surface area contributed by atoms with Crippen molar-refractivity contribution in [1.29, 1.82) is 0 Å². The molecular weight excluding hydrogens is 405 g/mol. The normalized spacial score (nSPS) is 22.9. The topological polar surface area (TPSA) is 72.9 Å². The van der Waals surface area contributed by atoms with E-state index in [9.17, 15) is 14.0 Å². The van der Waals surface area contributed by atoms with Gasteiger partial charge in [-0.1, -0.05) is 24.3 Å². The van der Waals surface area contributed by atoms with Crippen LogP contribution < -0.4 is 5.48 Å². The fraction of sp³-hybridized carbons (Fsp3) is 0.364. The molecule has 0 radical (unpaired) electrons. The summed E-state index contributed by atoms with van der Waals surface area (Å²) in [5.74, 6) is -0.981. The summed E-state index contributed by atoms with van der Waals surface area (Å²) in [6.07, 6.45) is 7.49. The molecule has 1 aromatic heterocycles. The highest BCUT2D eigenvalue weighted by Crippen LogP contribution is 2.42. The van der Waals surface area contributed by atoms with E-state index in [1.54, 1.807) is 34.6 Å². The Bertz CT molecular complexity index is 1030. The number of hydrogen-bond acceptors (Lipinski definition) is 5. The predicted molar refractivity (Wildman–Crippen MR) is 110 cm³/mol. The van der Waals surface area contributed by atoms with E-state index in [-0.39, 0.29) is 17.8 Å². The van der Waals surface area contributed by atoms with Crippen molar-refractivity contribution in [1.82, 2.24) is 15.3 Å². The number of fused-ring (bicyclic) bond motifs is 1. The van der Waals surface area contributed by atoms with Gasteiger partial charge in [-0.3, -0.25) is 14.8 Å². The Morgan fingerprint density at radius 3 is 2.77 bits per heavy atom. The van der Waals surface area contributed by atoms with Crippen molar-refractivity contribution in [2.45, 2.75) is 43.8 Å². The van der Waals surface area contributed by atoms with E-state index in [1.807, 2.05) is 12.3 Å². The highest BCUT2D eigenvalue weighted by molar-refractivity contribution is 7.14. The van der Waals surface area contributed by atoms with E-state index in [0.29, 0.717) is 35.9 Å². The maximum atomic E-state index is 14.9. The van der Waals surface area contributed by atoms with E-state index in [2.05, 4.69) is 4.90 Å². The van der Waals surface area contributed by atoms with Gasteiger partial charge in [0.05, 0.1) is 10.9 Å². The Kier molecular flexibility index (Phi) is 4.83. The predicted octanol–water partition coefficient (Wildman–Crippen LogP) is 3.23. The van der Waals surface area contributed by atoms with Gasteiger partial charge in [0.15, 0.2) is 0 Å². The SMILES string of the molecule is O=C(NO)c1cc2c(s1)C(c1ccccc1F)N(C(=O)C1CC=CN1C1CC1)CC2. The van der Waals surface area contributed by atoms with Gasteiger partial charge in [0.1, 0.15) is 11.9 Å². The number of nitrogens with one attached hydrogen (secondary N) is 1. The molecule has 3 aliphatic rings. The molecule has 2 aliphatic heterocycles. The fourth-order valence-electron chi connectivity index (χ4n) is 4.50. The van der Waals surface area contributed by atoms with Gasteiger partial charge < -0.3 is 9.80 Å². The molecule has 2 amide bonds. The van der Waals surface area contributed by atoms with Crippen molar-refractivity contribution in [3.05, 3.63) is 69.3 Å². The van der Waals surface area contributed by atoms with Crippen LogP contribution in [0.2, 0.25) is 0 Å². The first-order chi connectivity index (χ1) is 14.6. The van der Waals surface area contributed by atoms with Crippen molar-refractivity contribution in [3.63, 3.8) is 0 Å². The number of thiophene rings is 1. The average Bonchev–Trinajstić information content (AvgIpc) is 3.32. The Labute approximate surface area is 177 Å². The maximum Gasteiger partial charge on any atom is 0.284 e. The third-order valence-corrected chi connectivity index (χ3v) is 7.31. The number of rotatable bonds is 4. The molecule has 5 rings (SSSR count). The zero-order valence-electron chi connectivity index (χ0n) is 16.3. The summed E-state index contributed by atoms with van der Waals surface area (Å²) in [5.41, 5.74) is 3.00. The molecule has 1 aliphatic carbocycles. The van der Waals surface area contributed by atoms with Gasteiger partial charge in [0, 0.05) is 23.0 Å². The minimum Gasteiger partial charge on any atom is -0.363 e. The lowest BCUT2D eigenvalue weighted by Gasteiger charge is -2.39. The first-order valence-corrected chi connectivity index (χ1v) is 11.0. The lowest BCUT2D eigenvalue weighted by molar-refractivity contribution is -0.137. The van der Waals surface area contributed by atoms with Gasteiger partial charge in [-0.05, 0) is 49.6 Å². The number of hydrogen-bond donors (Lipinski definition) is 2. The molecule has 8 heteroatoms. The second-order valence-electron chi connectivity index (χ2n) is 7.96. The summed E-state index contributed by atoms with van der Waals surface area (Å²) < 4.78 is 14.9. The summed E-state index contributed by atoms with van der Waals surface area (Å²) >= 11 is 1.20. The van der Waals surface area contributed by atoms with Crippen LogP contribution in [-0.4, -0.2) is 45.4 Å². The van der Waals surface area contributed by atoms with E-state index in [0.717, 1.165) is 23.3 Å². The third-order valence-electron chi connectivity index (χ3n) is 6.08. The molecule has 0 spiro atoms. The Morgan fingerprint density at radius 1 is 1.23 bits per heavy atom. The standard InChI is InChI=1S/C22H22FN3O3S/c23-16-5-2-1-4-15(16)19-20-13(12-18(30-20)21(27)24-29)9-11-26(19)22(28)17-6-3-10-25(17)14-7-8-14/h1-5,10,12,14,17,19,29H,6-9,11H2,(H,24,27). The average molecular weight is 428 g/mol. The summed E-state index contributed by atoms with van der Waals surface area (Å²) in [6.45, 7) is 0.455. The number of carbonyl (C=O) groups excluding carboxylic acids is 2. The van der Waals surface area contributed by atoms with Crippen molar-refractivity contribution >= 4 is 23.2 Å². The van der Waals surface area contributed by atoms with Gasteiger partial charge in [0.25, 0.3) is 5.91 Å². The minimum absolute atomic E-state index is 0.00707. The number of hydroxylamine groups is 1. The number of carbonyl (C=O) groups is 2. The van der Waals surface area contributed by atoms with Crippen LogP contribution in [0.25, 0.3) is 0 Å². The van der Waals surface area contributed by atoms with Gasteiger partial charge in [-0.2, -0.15) is 0 Å². The second kappa shape index (κ2) is 7.52. The van der Waals surface area contributed by atoms with E-state index in [1.165, 1.54) is 17.4 Å². The van der Waals surface area contributed by atoms with Crippen molar-refractivity contribution in [2.75, 3.05) is 6.54 Å². The molecule has 2 N–H and O–H groups in total. The minimum atomic E-state index is -0.598. The molecule has 3 heterocycles. The first-order valence-electron chi connectivity index (χ1n) is 10.1. The van der Waals surface area contributed by atoms with Crippen LogP contribution in [0.4, 0.5) is 4.39 Å². The smallest absolute Gasteiger partial charge is 0.284 e. The van der Waals surface area contributed by atoms with Crippen LogP contribution in [0.5, 0.6) is 0 Å². The Balaban J connectivity index is 1.55. The molecule has 2 unspecified atom stereocenters. The van der Waals surface area contributed by atoms with E-state index < -0.39 is 11.9 Å². The van der Waals surface area contributed by atoms with Gasteiger partial charge in [-0.15, -0.1) is 11.3 Å². The van der Waals surface area contributed by atoms with Crippen molar-refractivity contribution < 1.29 is 19.2 Å². The van der Waals surface area contributed by atoms with Gasteiger partial charge in [0.2, 0.25) is 5.91 Å². The molecule has 30 heavy (non-hydrogen) atoms. The van der Waals surface area contributed by atoms with Gasteiger partial charge in [-0.25, -0.2) is 9.87 Å². The fourth-order valence-corrected chi connectivity index (χ4v) is 5.73. The molecule has 2 atom stereocenters. The van der Waals surface area contributed by atoms with E-state index >= 15 is 0 Å². The molecule has 1 saturated carbocycles. The summed E-state index contributed by atoms with van der Waals surface area (Å²) in [7, 11) is 0. The van der Waals surface area contributed by atoms with Crippen LogP contribution in [0.1, 0.15) is 51.0 Å². The molecule has 2 aromatic rings. The maximum absolute atomic E-state index is 14.9. The van der Waals surface area contributed by atoms with Crippen molar-refractivity contribution in [3.8, 4) is 0 Å². The summed E-state index contributed by atoms with van der Waals surface area (Å²) in [5, 5.41) is 9.02. The zero-order chi connectivity index (χ0) is 20.8. The van der Waals surface area contributed by atoms with Crippen LogP contribution in [0.3, 0.4) is 0 Å². The first kappa shape index (κ1) is 19.3. The Hall–Kier alpha value is -2.71. The van der Waals surface area contributed by atoms with Crippen LogP contribution in [0, 0.1) is 5.82 Å². The van der Waals surface area contributed by atoms with Crippen LogP contribution in [-0.2, 0) is 11.2 Å². The summed E-state index contributed by atoms with van der Waals surface area (Å²) in [6, 6.07) is 7.80. The Morgan fingerprint density at radius 2 is 2.03 bits per heavy atom. The zero-order valence-corrected chi connectivity index (χ0v) is 17.1. The molecule has 1 aromatic carbocycles.